The van der Waals surface area contributed by atoms with Gasteiger partial charge in [-0.25, -0.2) is 4.79 Å². The summed E-state index contributed by atoms with van der Waals surface area (Å²) in [5.74, 6) is -1.64. The zero-order valence-electron chi connectivity index (χ0n) is 13.2. The molecule has 2 aromatic rings. The number of hydrogen-bond donors (Lipinski definition) is 1. The smallest absolute Gasteiger partial charge is 0.418 e. The fourth-order valence-corrected chi connectivity index (χ4v) is 3.24. The van der Waals surface area contributed by atoms with E-state index < -0.39 is 35.9 Å². The Morgan fingerprint density at radius 2 is 1.96 bits per heavy atom. The molecule has 9 heteroatoms. The number of alkyl halides is 3. The molecule has 4 nitrogen and oxygen atoms in total. The molecule has 25 heavy (non-hydrogen) atoms. The largest absolute Gasteiger partial charge is 0.452 e. The molecule has 0 unspecified atom stereocenters. The Labute approximate surface area is 150 Å². The molecule has 0 fully saturated rings. The van der Waals surface area contributed by atoms with Crippen molar-refractivity contribution >= 4 is 40.5 Å². The van der Waals surface area contributed by atoms with Gasteiger partial charge in [0.2, 0.25) is 0 Å². The Bertz CT molecular complexity index is 817. The molecule has 0 aliphatic rings. The standard InChI is InChI=1S/C16H13ClF3NO3S/c1-8-6-10(9(2)25-8)15(23)24-7-13(22)21-14-11(16(18,19)20)4-3-5-12(14)17/h3-6H,7H2,1-2H3,(H,21,22). The van der Waals surface area contributed by atoms with Crippen molar-refractivity contribution in [1.82, 2.24) is 0 Å². The summed E-state index contributed by atoms with van der Waals surface area (Å²) >= 11 is 7.14. The van der Waals surface area contributed by atoms with Crippen molar-refractivity contribution in [3.8, 4) is 0 Å². The molecular weight excluding hydrogens is 379 g/mol. The lowest BCUT2D eigenvalue weighted by Gasteiger charge is -2.15. The first-order valence-electron chi connectivity index (χ1n) is 6.99. The Morgan fingerprint density at radius 1 is 1.28 bits per heavy atom. The molecule has 1 amide bonds. The highest BCUT2D eigenvalue weighted by Gasteiger charge is 2.34. The molecule has 2 rings (SSSR count). The summed E-state index contributed by atoms with van der Waals surface area (Å²) in [6, 6.07) is 4.76. The van der Waals surface area contributed by atoms with Crippen LogP contribution in [0.25, 0.3) is 0 Å². The average molecular weight is 392 g/mol. The second-order valence-corrected chi connectivity index (χ2v) is 6.98. The first kappa shape index (κ1) is 19.3. The third-order valence-electron chi connectivity index (χ3n) is 3.18. The highest BCUT2D eigenvalue weighted by Crippen LogP contribution is 2.38. The van der Waals surface area contributed by atoms with Crippen LogP contribution in [0.15, 0.2) is 24.3 Å². The molecule has 0 saturated heterocycles. The molecule has 1 N–H and O–H groups in total. The lowest BCUT2D eigenvalue weighted by Crippen LogP contribution is -2.23. The molecule has 0 bridgehead atoms. The maximum Gasteiger partial charge on any atom is 0.418 e. The van der Waals surface area contributed by atoms with E-state index in [4.69, 9.17) is 16.3 Å². The van der Waals surface area contributed by atoms with Crippen LogP contribution in [0.1, 0.15) is 25.7 Å². The SMILES string of the molecule is Cc1cc(C(=O)OCC(=O)Nc2c(Cl)cccc2C(F)(F)F)c(C)s1. The second-order valence-electron chi connectivity index (χ2n) is 5.11. The molecule has 1 aromatic carbocycles. The second kappa shape index (κ2) is 7.45. The van der Waals surface area contributed by atoms with Crippen molar-refractivity contribution in [2.24, 2.45) is 0 Å². The Kier molecular flexibility index (Phi) is 5.74. The van der Waals surface area contributed by atoms with Gasteiger partial charge in [0.25, 0.3) is 5.91 Å². The Balaban J connectivity index is 2.06. The average Bonchev–Trinajstić information content (AvgIpc) is 2.84. The zero-order valence-corrected chi connectivity index (χ0v) is 14.7. The van der Waals surface area contributed by atoms with Crippen molar-refractivity contribution in [1.29, 1.82) is 0 Å². The van der Waals surface area contributed by atoms with Crippen molar-refractivity contribution in [3.63, 3.8) is 0 Å². The van der Waals surface area contributed by atoms with Gasteiger partial charge < -0.3 is 10.1 Å². The molecule has 1 heterocycles. The molecule has 0 radical (unpaired) electrons. The minimum absolute atomic E-state index is 0.265. The third-order valence-corrected chi connectivity index (χ3v) is 4.46. The number of anilines is 1. The molecule has 0 saturated carbocycles. The number of ether oxygens (including phenoxy) is 1. The summed E-state index contributed by atoms with van der Waals surface area (Å²) < 4.78 is 43.8. The zero-order chi connectivity index (χ0) is 18.8. The predicted molar refractivity (Wildman–Crippen MR) is 89.2 cm³/mol. The molecule has 1 aromatic heterocycles. The topological polar surface area (TPSA) is 55.4 Å². The fraction of sp³-hybridized carbons (Fsp3) is 0.250. The number of para-hydroxylation sites is 1. The van der Waals surface area contributed by atoms with E-state index in [1.54, 1.807) is 13.0 Å². The van der Waals surface area contributed by atoms with Crippen LogP contribution in [0, 0.1) is 13.8 Å². The highest BCUT2D eigenvalue weighted by molar-refractivity contribution is 7.12. The van der Waals surface area contributed by atoms with Crippen LogP contribution in [-0.4, -0.2) is 18.5 Å². The summed E-state index contributed by atoms with van der Waals surface area (Å²) in [7, 11) is 0. The number of carbonyl (C=O) groups excluding carboxylic acids is 2. The predicted octanol–water partition coefficient (Wildman–Crippen LogP) is 4.83. The fourth-order valence-electron chi connectivity index (χ4n) is 2.11. The minimum atomic E-state index is -4.69. The summed E-state index contributed by atoms with van der Waals surface area (Å²) in [5.41, 5.74) is -1.33. The number of aryl methyl sites for hydroxylation is 2. The van der Waals surface area contributed by atoms with Gasteiger partial charge in [0, 0.05) is 9.75 Å². The molecule has 0 atom stereocenters. The minimum Gasteiger partial charge on any atom is -0.452 e. The van der Waals surface area contributed by atoms with Crippen LogP contribution in [0.2, 0.25) is 5.02 Å². The lowest BCUT2D eigenvalue weighted by molar-refractivity contribution is -0.137. The quantitative estimate of drug-likeness (QED) is 0.759. The molecule has 0 spiro atoms. The van der Waals surface area contributed by atoms with Gasteiger partial charge in [0.15, 0.2) is 6.61 Å². The number of halogens is 4. The van der Waals surface area contributed by atoms with E-state index in [0.717, 1.165) is 21.9 Å². The van der Waals surface area contributed by atoms with Gasteiger partial charge in [-0.2, -0.15) is 13.2 Å². The highest BCUT2D eigenvalue weighted by atomic mass is 35.5. The molecule has 0 aliphatic carbocycles. The lowest BCUT2D eigenvalue weighted by atomic mass is 10.1. The monoisotopic (exact) mass is 391 g/mol. The van der Waals surface area contributed by atoms with Crippen LogP contribution >= 0.6 is 22.9 Å². The van der Waals surface area contributed by atoms with Gasteiger partial charge in [-0.3, -0.25) is 4.79 Å². The van der Waals surface area contributed by atoms with Crippen LogP contribution in [0.3, 0.4) is 0 Å². The van der Waals surface area contributed by atoms with Gasteiger partial charge >= 0.3 is 12.1 Å². The first-order valence-corrected chi connectivity index (χ1v) is 8.18. The molecule has 134 valence electrons. The number of nitrogens with one attached hydrogen (secondary N) is 1. The molecule has 0 aliphatic heterocycles. The van der Waals surface area contributed by atoms with Gasteiger partial charge in [-0.1, -0.05) is 17.7 Å². The van der Waals surface area contributed by atoms with Gasteiger partial charge in [0.1, 0.15) is 0 Å². The number of carbonyl (C=O) groups is 2. The number of benzene rings is 1. The number of esters is 1. The van der Waals surface area contributed by atoms with Crippen molar-refractivity contribution in [2.45, 2.75) is 20.0 Å². The van der Waals surface area contributed by atoms with Crippen LogP contribution < -0.4 is 5.32 Å². The van der Waals surface area contributed by atoms with Crippen LogP contribution in [0.4, 0.5) is 18.9 Å². The third kappa shape index (κ3) is 4.73. The summed E-state index contributed by atoms with van der Waals surface area (Å²) in [6.45, 7) is 2.82. The maximum atomic E-state index is 13.0. The number of rotatable bonds is 4. The van der Waals surface area contributed by atoms with E-state index in [1.165, 1.54) is 17.4 Å². The van der Waals surface area contributed by atoms with Crippen molar-refractivity contribution in [2.75, 3.05) is 11.9 Å². The van der Waals surface area contributed by atoms with Gasteiger partial charge in [0.05, 0.1) is 21.8 Å². The van der Waals surface area contributed by atoms with E-state index in [0.29, 0.717) is 5.56 Å². The van der Waals surface area contributed by atoms with Gasteiger partial charge in [-0.05, 0) is 32.0 Å². The number of thiophene rings is 1. The van der Waals surface area contributed by atoms with E-state index in [-0.39, 0.29) is 5.02 Å². The Morgan fingerprint density at radius 3 is 2.52 bits per heavy atom. The van der Waals surface area contributed by atoms with Crippen molar-refractivity contribution < 1.29 is 27.5 Å². The van der Waals surface area contributed by atoms with E-state index in [1.807, 2.05) is 12.2 Å². The number of amides is 1. The Hall–Kier alpha value is -2.06. The summed E-state index contributed by atoms with van der Waals surface area (Å²) in [5, 5.41) is 1.78. The first-order chi connectivity index (χ1) is 11.6. The van der Waals surface area contributed by atoms with Crippen molar-refractivity contribution in [3.05, 3.63) is 50.2 Å². The van der Waals surface area contributed by atoms with Crippen LogP contribution in [-0.2, 0) is 15.7 Å². The van der Waals surface area contributed by atoms with Gasteiger partial charge in [-0.15, -0.1) is 11.3 Å². The van der Waals surface area contributed by atoms with E-state index in [9.17, 15) is 22.8 Å². The van der Waals surface area contributed by atoms with Crippen LogP contribution in [0.5, 0.6) is 0 Å². The van der Waals surface area contributed by atoms with E-state index in [2.05, 4.69) is 0 Å². The normalized spacial score (nSPS) is 11.3. The molecular formula is C16H13ClF3NO3S. The maximum absolute atomic E-state index is 13.0. The number of hydrogen-bond acceptors (Lipinski definition) is 4. The summed E-state index contributed by atoms with van der Waals surface area (Å²) in [4.78, 5) is 25.4. The van der Waals surface area contributed by atoms with E-state index >= 15 is 0 Å². The summed E-state index contributed by atoms with van der Waals surface area (Å²) in [6.07, 6.45) is -4.69.